The molecule has 1 aromatic heterocycles. The van der Waals surface area contributed by atoms with Crippen molar-refractivity contribution in [1.29, 1.82) is 0 Å². The molecule has 1 heterocycles. The molecular formula is C25H17NO4S. The van der Waals surface area contributed by atoms with Gasteiger partial charge in [0.1, 0.15) is 0 Å². The zero-order valence-electron chi connectivity index (χ0n) is 16.4. The summed E-state index contributed by atoms with van der Waals surface area (Å²) in [4.78, 5) is 26.5. The second-order valence-electron chi connectivity index (χ2n) is 8.07. The first-order chi connectivity index (χ1) is 15.0. The lowest BCUT2D eigenvalue weighted by molar-refractivity contribution is -0.112. The molecule has 2 aromatic carbocycles. The van der Waals surface area contributed by atoms with E-state index in [0.717, 1.165) is 0 Å². The van der Waals surface area contributed by atoms with Crippen molar-refractivity contribution in [2.75, 3.05) is 0 Å². The summed E-state index contributed by atoms with van der Waals surface area (Å²) in [7, 11) is -3.97. The third-order valence-corrected chi connectivity index (χ3v) is 8.08. The summed E-state index contributed by atoms with van der Waals surface area (Å²) in [5.41, 5.74) is 2.85. The molecule has 152 valence electrons. The van der Waals surface area contributed by atoms with E-state index in [0.29, 0.717) is 34.4 Å². The van der Waals surface area contributed by atoms with Crippen molar-refractivity contribution in [3.8, 4) is 11.1 Å². The van der Waals surface area contributed by atoms with Crippen molar-refractivity contribution in [1.82, 2.24) is 3.97 Å². The van der Waals surface area contributed by atoms with Crippen LogP contribution in [0.4, 0.5) is 0 Å². The molecule has 0 spiro atoms. The summed E-state index contributed by atoms with van der Waals surface area (Å²) in [6, 6.07) is 17.3. The molecule has 0 aliphatic heterocycles. The minimum absolute atomic E-state index is 0.0564. The number of hydrogen-bond acceptors (Lipinski definition) is 4. The molecule has 3 aliphatic carbocycles. The Morgan fingerprint density at radius 1 is 0.774 bits per heavy atom. The van der Waals surface area contributed by atoms with Gasteiger partial charge in [-0.2, -0.15) is 0 Å². The van der Waals surface area contributed by atoms with E-state index in [-0.39, 0.29) is 22.3 Å². The van der Waals surface area contributed by atoms with E-state index in [9.17, 15) is 18.0 Å². The molecule has 31 heavy (non-hydrogen) atoms. The van der Waals surface area contributed by atoms with Crippen LogP contribution in [0, 0.1) is 11.8 Å². The first kappa shape index (κ1) is 18.3. The fourth-order valence-corrected chi connectivity index (χ4v) is 6.46. The molecule has 0 saturated carbocycles. The predicted octanol–water partition coefficient (Wildman–Crippen LogP) is 4.12. The summed E-state index contributed by atoms with van der Waals surface area (Å²) in [5.74, 6) is -1.31. The van der Waals surface area contributed by atoms with Gasteiger partial charge in [0.15, 0.2) is 0 Å². The van der Waals surface area contributed by atoms with Crippen LogP contribution in [0.3, 0.4) is 0 Å². The smallest absolute Gasteiger partial charge is 0.268 e. The number of carbonyl (C=O) groups is 2. The Morgan fingerprint density at radius 2 is 1.39 bits per heavy atom. The normalized spacial score (nSPS) is 21.5. The highest BCUT2D eigenvalue weighted by molar-refractivity contribution is 7.90. The van der Waals surface area contributed by atoms with Crippen molar-refractivity contribution >= 4 is 27.2 Å². The van der Waals surface area contributed by atoms with Gasteiger partial charge in [-0.25, -0.2) is 12.4 Å². The molecule has 0 amide bonds. The fourth-order valence-electron chi connectivity index (χ4n) is 5.06. The SMILES string of the molecule is O=C1C(=O)c2c(-c3ccccc3)cn(S(=O)(=O)c3ccccc3)c2C2=C1C1C=CC2C1. The van der Waals surface area contributed by atoms with Crippen LogP contribution in [0.2, 0.25) is 0 Å². The molecule has 5 nitrogen and oxygen atoms in total. The maximum atomic E-state index is 13.7. The molecule has 2 unspecified atom stereocenters. The predicted molar refractivity (Wildman–Crippen MR) is 116 cm³/mol. The Hall–Kier alpha value is -3.51. The van der Waals surface area contributed by atoms with Gasteiger partial charge in [0, 0.05) is 29.2 Å². The Balaban J connectivity index is 1.71. The molecule has 6 rings (SSSR count). The Bertz CT molecular complexity index is 1440. The van der Waals surface area contributed by atoms with Gasteiger partial charge in [-0.1, -0.05) is 60.7 Å². The Labute approximate surface area is 179 Å². The van der Waals surface area contributed by atoms with Crippen LogP contribution in [-0.2, 0) is 14.8 Å². The van der Waals surface area contributed by atoms with Crippen LogP contribution in [0.25, 0.3) is 16.7 Å². The summed E-state index contributed by atoms with van der Waals surface area (Å²) in [6.45, 7) is 0. The van der Waals surface area contributed by atoms with Gasteiger partial charge in [-0.05, 0) is 29.7 Å². The van der Waals surface area contributed by atoms with E-state index >= 15 is 0 Å². The van der Waals surface area contributed by atoms with Crippen molar-refractivity contribution < 1.29 is 18.0 Å². The highest BCUT2D eigenvalue weighted by atomic mass is 32.2. The second-order valence-corrected chi connectivity index (χ2v) is 9.88. The molecule has 3 aliphatic rings. The van der Waals surface area contributed by atoms with Gasteiger partial charge in [-0.3, -0.25) is 9.59 Å². The first-order valence-corrected chi connectivity index (χ1v) is 11.6. The number of rotatable bonds is 3. The number of benzene rings is 2. The van der Waals surface area contributed by atoms with E-state index in [2.05, 4.69) is 0 Å². The first-order valence-electron chi connectivity index (χ1n) is 10.1. The quantitative estimate of drug-likeness (QED) is 0.466. The lowest BCUT2D eigenvalue weighted by Crippen LogP contribution is -2.28. The molecular weight excluding hydrogens is 410 g/mol. The average Bonchev–Trinajstić information content (AvgIpc) is 3.52. The second kappa shape index (κ2) is 6.25. The molecule has 2 bridgehead atoms. The van der Waals surface area contributed by atoms with Crippen molar-refractivity contribution in [3.05, 3.63) is 95.8 Å². The number of hydrogen-bond donors (Lipinski definition) is 0. The number of Topliss-reactive ketones (excluding diaryl/α,β-unsaturated/α-hetero) is 2. The zero-order valence-corrected chi connectivity index (χ0v) is 17.2. The summed E-state index contributed by atoms with van der Waals surface area (Å²) >= 11 is 0. The van der Waals surface area contributed by atoms with Crippen molar-refractivity contribution in [2.45, 2.75) is 11.3 Å². The number of nitrogens with zero attached hydrogens (tertiary/aromatic N) is 1. The van der Waals surface area contributed by atoms with Gasteiger partial charge in [0.2, 0.25) is 11.6 Å². The number of allylic oxidation sites excluding steroid dienone is 4. The van der Waals surface area contributed by atoms with Gasteiger partial charge in [-0.15, -0.1) is 0 Å². The molecule has 2 atom stereocenters. The van der Waals surface area contributed by atoms with Gasteiger partial charge in [0.25, 0.3) is 10.0 Å². The fraction of sp³-hybridized carbons (Fsp3) is 0.120. The van der Waals surface area contributed by atoms with Gasteiger partial charge in [0.05, 0.1) is 16.2 Å². The maximum absolute atomic E-state index is 13.7. The molecule has 0 fully saturated rings. The number of aromatic nitrogens is 1. The Kier molecular flexibility index (Phi) is 3.68. The van der Waals surface area contributed by atoms with Crippen molar-refractivity contribution in [3.63, 3.8) is 0 Å². The van der Waals surface area contributed by atoms with Crippen LogP contribution in [0.5, 0.6) is 0 Å². The van der Waals surface area contributed by atoms with Gasteiger partial charge < -0.3 is 0 Å². The van der Waals surface area contributed by atoms with E-state index < -0.39 is 21.6 Å². The highest BCUT2D eigenvalue weighted by Gasteiger charge is 2.48. The molecule has 0 N–H and O–H groups in total. The topological polar surface area (TPSA) is 73.2 Å². The van der Waals surface area contributed by atoms with Gasteiger partial charge >= 0.3 is 0 Å². The minimum atomic E-state index is -3.97. The van der Waals surface area contributed by atoms with Crippen LogP contribution in [0.1, 0.15) is 22.5 Å². The Morgan fingerprint density at radius 3 is 2.06 bits per heavy atom. The highest BCUT2D eigenvalue weighted by Crippen LogP contribution is 2.53. The number of ketones is 2. The summed E-state index contributed by atoms with van der Waals surface area (Å²) in [5, 5.41) is 0. The zero-order chi connectivity index (χ0) is 21.3. The van der Waals surface area contributed by atoms with E-state index in [1.54, 1.807) is 18.2 Å². The average molecular weight is 427 g/mol. The van der Waals surface area contributed by atoms with E-state index in [1.165, 1.54) is 22.3 Å². The molecule has 0 saturated heterocycles. The van der Waals surface area contributed by atoms with Crippen LogP contribution in [0.15, 0.2) is 89.5 Å². The standard InChI is InChI=1S/C25H17NO4S/c27-24-21-17-12-11-16(13-17)20(21)23-22(25(24)28)19(15-7-3-1-4-8-15)14-26(23)31(29,30)18-9-5-2-6-10-18/h1-12,14,16-17H,13H2. The molecule has 0 radical (unpaired) electrons. The molecule has 3 aromatic rings. The maximum Gasteiger partial charge on any atom is 0.268 e. The van der Waals surface area contributed by atoms with E-state index in [4.69, 9.17) is 0 Å². The van der Waals surface area contributed by atoms with Crippen LogP contribution in [-0.4, -0.2) is 24.0 Å². The minimum Gasteiger partial charge on any atom is -0.285 e. The van der Waals surface area contributed by atoms with E-state index in [1.807, 2.05) is 42.5 Å². The number of fused-ring (bicyclic) bond motifs is 6. The monoisotopic (exact) mass is 427 g/mol. The number of carbonyl (C=O) groups excluding carboxylic acids is 2. The lowest BCUT2D eigenvalue weighted by atomic mass is 9.81. The summed E-state index contributed by atoms with van der Waals surface area (Å²) < 4.78 is 28.5. The van der Waals surface area contributed by atoms with Crippen LogP contribution < -0.4 is 0 Å². The van der Waals surface area contributed by atoms with Crippen LogP contribution >= 0.6 is 0 Å². The third-order valence-electron chi connectivity index (χ3n) is 6.41. The largest absolute Gasteiger partial charge is 0.285 e. The molecule has 6 heteroatoms. The third kappa shape index (κ3) is 2.39. The lowest BCUT2D eigenvalue weighted by Gasteiger charge is -2.23. The van der Waals surface area contributed by atoms with Crippen molar-refractivity contribution in [2.24, 2.45) is 11.8 Å². The summed E-state index contributed by atoms with van der Waals surface area (Å²) in [6.07, 6.45) is 6.18.